The van der Waals surface area contributed by atoms with Gasteiger partial charge in [0.15, 0.2) is 0 Å². The van der Waals surface area contributed by atoms with Gasteiger partial charge < -0.3 is 10.1 Å². The third kappa shape index (κ3) is 9.57. The molecule has 3 heteroatoms. The summed E-state index contributed by atoms with van der Waals surface area (Å²) in [5.41, 5.74) is 0. The van der Waals surface area contributed by atoms with Gasteiger partial charge in [0.2, 0.25) is 0 Å². The second-order valence-corrected chi connectivity index (χ2v) is 4.74. The van der Waals surface area contributed by atoms with Crippen LogP contribution < -0.4 is 5.32 Å². The molecule has 0 aromatic carbocycles. The van der Waals surface area contributed by atoms with E-state index < -0.39 is 0 Å². The van der Waals surface area contributed by atoms with E-state index in [0.717, 1.165) is 26.2 Å². The molecular formula is C14H32N2O. The maximum absolute atomic E-state index is 5.17. The predicted octanol–water partition coefficient (Wildman–Crippen LogP) is 2.51. The minimum Gasteiger partial charge on any atom is -0.383 e. The summed E-state index contributed by atoms with van der Waals surface area (Å²) in [4.78, 5) is 2.54. The first-order valence-corrected chi connectivity index (χ1v) is 7.19. The lowest BCUT2D eigenvalue weighted by atomic mass is 10.2. The fourth-order valence-corrected chi connectivity index (χ4v) is 1.89. The van der Waals surface area contributed by atoms with Crippen LogP contribution in [0.2, 0.25) is 0 Å². The number of rotatable bonds is 12. The van der Waals surface area contributed by atoms with Crippen molar-refractivity contribution in [2.24, 2.45) is 0 Å². The van der Waals surface area contributed by atoms with Crippen molar-refractivity contribution in [3.05, 3.63) is 0 Å². The van der Waals surface area contributed by atoms with Crippen molar-refractivity contribution in [2.75, 3.05) is 39.9 Å². The molecule has 0 aliphatic heterocycles. The van der Waals surface area contributed by atoms with Crippen LogP contribution in [0.25, 0.3) is 0 Å². The van der Waals surface area contributed by atoms with Crippen LogP contribution in [0.3, 0.4) is 0 Å². The lowest BCUT2D eigenvalue weighted by Crippen LogP contribution is -2.36. The highest BCUT2D eigenvalue weighted by molar-refractivity contribution is 4.66. The molecule has 3 nitrogen and oxygen atoms in total. The standard InChI is InChI=1S/C14H32N2O/c1-5-9-15-10-7-8-11-16(12-13-17-4)14(3)6-2/h14-15H,5-13H2,1-4H3. The Balaban J connectivity index is 3.60. The molecule has 0 aliphatic carbocycles. The maximum Gasteiger partial charge on any atom is 0.0589 e. The van der Waals surface area contributed by atoms with Gasteiger partial charge in [-0.15, -0.1) is 0 Å². The number of nitrogens with one attached hydrogen (secondary N) is 1. The van der Waals surface area contributed by atoms with E-state index in [1.165, 1.54) is 32.2 Å². The van der Waals surface area contributed by atoms with Gasteiger partial charge in [-0.1, -0.05) is 13.8 Å². The first kappa shape index (κ1) is 16.9. The van der Waals surface area contributed by atoms with E-state index in [2.05, 4.69) is 31.0 Å². The van der Waals surface area contributed by atoms with Gasteiger partial charge in [-0.05, 0) is 52.2 Å². The summed E-state index contributed by atoms with van der Waals surface area (Å²) < 4.78 is 5.17. The van der Waals surface area contributed by atoms with E-state index in [-0.39, 0.29) is 0 Å². The summed E-state index contributed by atoms with van der Waals surface area (Å²) in [6.45, 7) is 12.2. The molecule has 0 saturated heterocycles. The average Bonchev–Trinajstić information content (AvgIpc) is 2.36. The van der Waals surface area contributed by atoms with Crippen molar-refractivity contribution < 1.29 is 4.74 Å². The molecule has 0 spiro atoms. The third-order valence-electron chi connectivity index (χ3n) is 3.27. The normalized spacial score (nSPS) is 13.2. The Morgan fingerprint density at radius 3 is 2.47 bits per heavy atom. The van der Waals surface area contributed by atoms with Gasteiger partial charge in [0.1, 0.15) is 0 Å². The predicted molar refractivity (Wildman–Crippen MR) is 75.6 cm³/mol. The molecular weight excluding hydrogens is 212 g/mol. The molecule has 0 aromatic heterocycles. The Bertz CT molecular complexity index is 153. The highest BCUT2D eigenvalue weighted by atomic mass is 16.5. The van der Waals surface area contributed by atoms with Gasteiger partial charge >= 0.3 is 0 Å². The quantitative estimate of drug-likeness (QED) is 0.534. The zero-order chi connectivity index (χ0) is 12.9. The number of methoxy groups -OCH3 is 1. The summed E-state index contributed by atoms with van der Waals surface area (Å²) in [5.74, 6) is 0. The number of hydrogen-bond donors (Lipinski definition) is 1. The molecule has 1 N–H and O–H groups in total. The van der Waals surface area contributed by atoms with Gasteiger partial charge in [-0.25, -0.2) is 0 Å². The van der Waals surface area contributed by atoms with Crippen molar-refractivity contribution in [3.63, 3.8) is 0 Å². The van der Waals surface area contributed by atoms with E-state index in [9.17, 15) is 0 Å². The Morgan fingerprint density at radius 2 is 1.88 bits per heavy atom. The van der Waals surface area contributed by atoms with Crippen LogP contribution in [-0.4, -0.2) is 50.8 Å². The van der Waals surface area contributed by atoms with Crippen LogP contribution in [0.5, 0.6) is 0 Å². The molecule has 0 bridgehead atoms. The molecule has 0 heterocycles. The van der Waals surface area contributed by atoms with Gasteiger partial charge in [0.05, 0.1) is 6.61 Å². The zero-order valence-corrected chi connectivity index (χ0v) is 12.3. The minimum absolute atomic E-state index is 0.675. The Kier molecular flexibility index (Phi) is 12.3. The number of nitrogens with zero attached hydrogens (tertiary/aromatic N) is 1. The van der Waals surface area contributed by atoms with Crippen LogP contribution in [-0.2, 0) is 4.74 Å². The summed E-state index contributed by atoms with van der Waals surface area (Å²) >= 11 is 0. The third-order valence-corrected chi connectivity index (χ3v) is 3.27. The van der Waals surface area contributed by atoms with Gasteiger partial charge in [0, 0.05) is 19.7 Å². The van der Waals surface area contributed by atoms with Crippen molar-refractivity contribution in [1.82, 2.24) is 10.2 Å². The molecule has 0 rings (SSSR count). The smallest absolute Gasteiger partial charge is 0.0589 e. The fraction of sp³-hybridized carbons (Fsp3) is 1.00. The van der Waals surface area contributed by atoms with Crippen LogP contribution in [0.15, 0.2) is 0 Å². The minimum atomic E-state index is 0.675. The lowest BCUT2D eigenvalue weighted by molar-refractivity contribution is 0.121. The summed E-state index contributed by atoms with van der Waals surface area (Å²) in [7, 11) is 1.78. The van der Waals surface area contributed by atoms with Crippen molar-refractivity contribution in [2.45, 2.75) is 52.5 Å². The molecule has 0 fully saturated rings. The lowest BCUT2D eigenvalue weighted by Gasteiger charge is -2.28. The second-order valence-electron chi connectivity index (χ2n) is 4.74. The molecule has 0 aliphatic rings. The van der Waals surface area contributed by atoms with E-state index in [1.54, 1.807) is 7.11 Å². The molecule has 0 radical (unpaired) electrons. The summed E-state index contributed by atoms with van der Waals surface area (Å²) in [6.07, 6.45) is 5.01. The maximum atomic E-state index is 5.17. The van der Waals surface area contributed by atoms with E-state index in [1.807, 2.05) is 0 Å². The molecule has 0 amide bonds. The largest absolute Gasteiger partial charge is 0.383 e. The first-order valence-electron chi connectivity index (χ1n) is 7.19. The van der Waals surface area contributed by atoms with Crippen LogP contribution >= 0.6 is 0 Å². The Morgan fingerprint density at radius 1 is 1.12 bits per heavy atom. The fourth-order valence-electron chi connectivity index (χ4n) is 1.89. The molecule has 0 saturated carbocycles. The number of unbranched alkanes of at least 4 members (excludes halogenated alkanes) is 1. The number of hydrogen-bond acceptors (Lipinski definition) is 3. The Hall–Kier alpha value is -0.120. The van der Waals surface area contributed by atoms with E-state index in [4.69, 9.17) is 4.74 Å². The first-order chi connectivity index (χ1) is 8.26. The van der Waals surface area contributed by atoms with Crippen LogP contribution in [0.4, 0.5) is 0 Å². The summed E-state index contributed by atoms with van der Waals surface area (Å²) in [5, 5.41) is 3.45. The topological polar surface area (TPSA) is 24.5 Å². The van der Waals surface area contributed by atoms with E-state index >= 15 is 0 Å². The van der Waals surface area contributed by atoms with Crippen molar-refractivity contribution in [3.8, 4) is 0 Å². The van der Waals surface area contributed by atoms with Crippen LogP contribution in [0.1, 0.15) is 46.5 Å². The monoisotopic (exact) mass is 244 g/mol. The van der Waals surface area contributed by atoms with Gasteiger partial charge in [0.25, 0.3) is 0 Å². The van der Waals surface area contributed by atoms with E-state index in [0.29, 0.717) is 6.04 Å². The summed E-state index contributed by atoms with van der Waals surface area (Å²) in [6, 6.07) is 0.675. The van der Waals surface area contributed by atoms with Gasteiger partial charge in [-0.3, -0.25) is 4.90 Å². The molecule has 0 aromatic rings. The molecule has 104 valence electrons. The Labute approximate surface area is 108 Å². The molecule has 1 unspecified atom stereocenters. The molecule has 17 heavy (non-hydrogen) atoms. The van der Waals surface area contributed by atoms with Crippen LogP contribution in [0, 0.1) is 0 Å². The SMILES string of the molecule is CCCNCCCCN(CCOC)C(C)CC. The van der Waals surface area contributed by atoms with Gasteiger partial charge in [-0.2, -0.15) is 0 Å². The highest BCUT2D eigenvalue weighted by Gasteiger charge is 2.10. The molecule has 1 atom stereocenters. The van der Waals surface area contributed by atoms with Crippen molar-refractivity contribution in [1.29, 1.82) is 0 Å². The zero-order valence-electron chi connectivity index (χ0n) is 12.3. The number of ether oxygens (including phenoxy) is 1. The van der Waals surface area contributed by atoms with Crippen molar-refractivity contribution >= 4 is 0 Å². The second kappa shape index (κ2) is 12.3. The highest BCUT2D eigenvalue weighted by Crippen LogP contribution is 2.05. The average molecular weight is 244 g/mol.